The lowest BCUT2D eigenvalue weighted by atomic mass is 10.1. The minimum absolute atomic E-state index is 0.0592. The fourth-order valence-corrected chi connectivity index (χ4v) is 5.42. The second-order valence-corrected chi connectivity index (χ2v) is 10.4. The smallest absolute Gasteiger partial charge is 0.230 e. The van der Waals surface area contributed by atoms with Gasteiger partial charge >= 0.3 is 0 Å². The highest BCUT2D eigenvalue weighted by Crippen LogP contribution is 2.37. The monoisotopic (exact) mass is 520 g/mol. The van der Waals surface area contributed by atoms with Gasteiger partial charge in [-0.15, -0.1) is 11.3 Å². The Morgan fingerprint density at radius 3 is 2.70 bits per heavy atom. The second-order valence-electron chi connectivity index (χ2n) is 9.50. The van der Waals surface area contributed by atoms with Crippen LogP contribution in [0.1, 0.15) is 22.9 Å². The van der Waals surface area contributed by atoms with Crippen LogP contribution in [0.3, 0.4) is 0 Å². The number of fused-ring (bicyclic) bond motifs is 1. The van der Waals surface area contributed by atoms with Gasteiger partial charge in [0, 0.05) is 42.7 Å². The van der Waals surface area contributed by atoms with Crippen molar-refractivity contribution >= 4 is 40.6 Å². The number of aliphatic imine (C=N–C) groups is 1. The first kappa shape index (κ1) is 23.7. The molecule has 2 aliphatic heterocycles. The first-order chi connectivity index (χ1) is 17.9. The summed E-state index contributed by atoms with van der Waals surface area (Å²) in [6.45, 7) is 5.64. The minimum Gasteiger partial charge on any atom is -0.433 e. The summed E-state index contributed by atoms with van der Waals surface area (Å²) in [6, 6.07) is 6.96. The molecule has 1 saturated heterocycles. The van der Waals surface area contributed by atoms with E-state index in [9.17, 15) is 4.39 Å². The molecule has 0 spiro atoms. The summed E-state index contributed by atoms with van der Waals surface area (Å²) < 4.78 is 36.0. The molecule has 0 radical (unpaired) electrons. The zero-order chi connectivity index (χ0) is 25.5. The highest BCUT2D eigenvalue weighted by molar-refractivity contribution is 7.11. The van der Waals surface area contributed by atoms with E-state index in [0.717, 1.165) is 42.2 Å². The maximum atomic E-state index is 15.3. The summed E-state index contributed by atoms with van der Waals surface area (Å²) in [7, 11) is 2.07. The Bertz CT molecular complexity index is 1440. The number of likely N-dealkylation sites (N-methyl/N-ethyl adjacent to an activating group) is 1. The predicted molar refractivity (Wildman–Crippen MR) is 144 cm³/mol. The van der Waals surface area contributed by atoms with Crippen molar-refractivity contribution in [1.29, 1.82) is 0 Å². The number of benzene rings is 1. The summed E-state index contributed by atoms with van der Waals surface area (Å²) in [5.41, 5.74) is 3.08. The van der Waals surface area contributed by atoms with E-state index in [1.807, 2.05) is 29.3 Å². The van der Waals surface area contributed by atoms with Gasteiger partial charge in [-0.1, -0.05) is 17.7 Å². The van der Waals surface area contributed by atoms with Gasteiger partial charge in [-0.3, -0.25) is 4.99 Å². The van der Waals surface area contributed by atoms with Crippen molar-refractivity contribution in [3.8, 4) is 11.6 Å². The van der Waals surface area contributed by atoms with Crippen molar-refractivity contribution in [1.82, 2.24) is 14.9 Å². The minimum atomic E-state index is -0.752. The summed E-state index contributed by atoms with van der Waals surface area (Å²) in [5, 5.41) is 5.27. The first-order valence-corrected chi connectivity index (χ1v) is 13.1. The van der Waals surface area contributed by atoms with Crippen molar-refractivity contribution in [3.05, 3.63) is 68.9 Å². The Morgan fingerprint density at radius 2 is 1.92 bits per heavy atom. The molecule has 0 unspecified atom stereocenters. The Labute approximate surface area is 217 Å². The average Bonchev–Trinajstić information content (AvgIpc) is 3.63. The maximum absolute atomic E-state index is 15.3. The highest BCUT2D eigenvalue weighted by atomic mass is 32.1. The highest BCUT2D eigenvalue weighted by Gasteiger charge is 2.25. The molecule has 0 amide bonds. The van der Waals surface area contributed by atoms with Crippen LogP contribution < -0.4 is 15.0 Å². The quantitative estimate of drug-likeness (QED) is 0.497. The van der Waals surface area contributed by atoms with Crippen LogP contribution in [0.25, 0.3) is 11.6 Å². The number of thiophene rings is 1. The number of halogens is 2. The average molecular weight is 521 g/mol. The number of hydrogen-bond donors (Lipinski definition) is 1. The Morgan fingerprint density at radius 1 is 1.08 bits per heavy atom. The number of rotatable bonds is 5. The van der Waals surface area contributed by atoms with Crippen LogP contribution in [-0.2, 0) is 6.42 Å². The van der Waals surface area contributed by atoms with E-state index in [4.69, 9.17) is 4.74 Å². The fraction of sp³-hybridized carbons (Fsp3) is 0.296. The molecule has 3 aromatic rings. The van der Waals surface area contributed by atoms with Crippen molar-refractivity contribution in [2.75, 3.05) is 50.0 Å². The van der Waals surface area contributed by atoms with Crippen LogP contribution in [-0.4, -0.2) is 60.5 Å². The summed E-state index contributed by atoms with van der Waals surface area (Å²) in [5.74, 6) is -0.332. The van der Waals surface area contributed by atoms with Gasteiger partial charge in [-0.25, -0.2) is 8.78 Å². The predicted octanol–water partition coefficient (Wildman–Crippen LogP) is 5.23. The lowest BCUT2D eigenvalue weighted by Crippen LogP contribution is -2.45. The molecule has 10 heteroatoms. The molecule has 37 heavy (non-hydrogen) atoms. The molecule has 6 rings (SSSR count). The Balaban J connectivity index is 1.32. The third kappa shape index (κ3) is 4.86. The summed E-state index contributed by atoms with van der Waals surface area (Å²) >= 11 is 1.66. The molecule has 0 saturated carbocycles. The number of ether oxygens (including phenoxy) is 1. The van der Waals surface area contributed by atoms with Crippen molar-refractivity contribution < 1.29 is 13.5 Å². The largest absolute Gasteiger partial charge is 0.433 e. The van der Waals surface area contributed by atoms with Gasteiger partial charge in [0.2, 0.25) is 17.6 Å². The third-order valence-corrected chi connectivity index (χ3v) is 7.61. The number of allylic oxidation sites excluding steroid dienone is 1. The molecule has 1 aliphatic carbocycles. The fourth-order valence-electron chi connectivity index (χ4n) is 4.68. The lowest BCUT2D eigenvalue weighted by molar-refractivity contribution is 0.310. The number of aromatic nitrogens is 2. The molecule has 7 nitrogen and oxygen atoms in total. The van der Waals surface area contributed by atoms with E-state index in [2.05, 4.69) is 38.3 Å². The molecule has 0 atom stereocenters. The Hall–Kier alpha value is -3.63. The van der Waals surface area contributed by atoms with Crippen molar-refractivity contribution in [2.45, 2.75) is 13.3 Å². The topological polar surface area (TPSA) is 65.9 Å². The van der Waals surface area contributed by atoms with E-state index < -0.39 is 17.4 Å². The third-order valence-electron chi connectivity index (χ3n) is 6.67. The summed E-state index contributed by atoms with van der Waals surface area (Å²) in [6.07, 6.45) is 4.25. The van der Waals surface area contributed by atoms with Crippen molar-refractivity contribution in [3.63, 3.8) is 0 Å². The van der Waals surface area contributed by atoms with Gasteiger partial charge in [0.1, 0.15) is 11.7 Å². The van der Waals surface area contributed by atoms with Crippen LogP contribution in [0.15, 0.2) is 46.3 Å². The van der Waals surface area contributed by atoms with Gasteiger partial charge in [0.15, 0.2) is 11.6 Å². The molecule has 2 aromatic heterocycles. The molecular formula is C27H26F2N6OS. The van der Waals surface area contributed by atoms with Crippen LogP contribution in [0.4, 0.5) is 20.5 Å². The van der Waals surface area contributed by atoms with E-state index in [1.165, 1.54) is 6.07 Å². The van der Waals surface area contributed by atoms with Crippen LogP contribution >= 0.6 is 11.3 Å². The SMILES string of the molecule is CC1=Cc2c(cc(F)c(Oc3cc(NC4=NCC(c5cccs5)=C4)nc(N4CCN(C)CC4)n3)c2F)C1. The number of nitrogens with zero attached hydrogens (tertiary/aromatic N) is 5. The number of anilines is 2. The molecule has 3 aliphatic rings. The maximum Gasteiger partial charge on any atom is 0.230 e. The van der Waals surface area contributed by atoms with Crippen LogP contribution in [0, 0.1) is 11.6 Å². The van der Waals surface area contributed by atoms with Gasteiger partial charge in [-0.2, -0.15) is 9.97 Å². The van der Waals surface area contributed by atoms with E-state index in [-0.39, 0.29) is 5.88 Å². The summed E-state index contributed by atoms with van der Waals surface area (Å²) in [4.78, 5) is 19.2. The molecule has 190 valence electrons. The van der Waals surface area contributed by atoms with E-state index >= 15 is 4.39 Å². The van der Waals surface area contributed by atoms with Crippen LogP contribution in [0.2, 0.25) is 0 Å². The van der Waals surface area contributed by atoms with Gasteiger partial charge in [0.25, 0.3) is 0 Å². The Kier molecular flexibility index (Phi) is 6.21. The standard InChI is InChI=1S/C27H26F2N6OS/c1-16-10-17-12-20(28)26(25(29)19(17)11-16)36-24-14-23(32-27(33-24)35-7-5-34(2)6-8-35)31-22-13-18(15-30-22)21-4-3-9-37-21/h3-4,9,11-14H,5-8,10,15H2,1-2H3,(H,30,31,32,33). The van der Waals surface area contributed by atoms with Gasteiger partial charge in [-0.05, 0) is 55.1 Å². The lowest BCUT2D eigenvalue weighted by Gasteiger charge is -2.32. The zero-order valence-electron chi connectivity index (χ0n) is 20.6. The molecular weight excluding hydrogens is 494 g/mol. The molecule has 1 aromatic carbocycles. The number of hydrogen-bond acceptors (Lipinski definition) is 8. The van der Waals surface area contributed by atoms with Crippen LogP contribution in [0.5, 0.6) is 11.6 Å². The molecule has 4 heterocycles. The zero-order valence-corrected chi connectivity index (χ0v) is 21.4. The molecule has 1 fully saturated rings. The number of nitrogens with one attached hydrogen (secondary N) is 1. The van der Waals surface area contributed by atoms with E-state index in [1.54, 1.807) is 23.5 Å². The van der Waals surface area contributed by atoms with E-state index in [0.29, 0.717) is 41.7 Å². The van der Waals surface area contributed by atoms with Crippen molar-refractivity contribution in [2.24, 2.45) is 4.99 Å². The molecule has 1 N–H and O–H groups in total. The number of amidine groups is 1. The first-order valence-electron chi connectivity index (χ1n) is 12.2. The van der Waals surface area contributed by atoms with Gasteiger partial charge < -0.3 is 19.9 Å². The second kappa shape index (κ2) is 9.68. The molecule has 0 bridgehead atoms. The normalized spacial score (nSPS) is 17.4. The number of piperazine rings is 1. The van der Waals surface area contributed by atoms with Gasteiger partial charge in [0.05, 0.1) is 6.54 Å².